The van der Waals surface area contributed by atoms with Gasteiger partial charge in [-0.3, -0.25) is 24.4 Å². The SMILES string of the molecule is O=[N+]([O-])c1ccccc1CCCCCCS(=O)CCCCCCc1ccccc1[N+](=O)[O-]. The molecule has 0 fully saturated rings. The summed E-state index contributed by atoms with van der Waals surface area (Å²) in [7, 11) is -0.801. The van der Waals surface area contributed by atoms with Gasteiger partial charge in [0.05, 0.1) is 9.85 Å². The molecule has 0 aliphatic rings. The van der Waals surface area contributed by atoms with Crippen molar-refractivity contribution in [2.45, 2.75) is 64.2 Å². The number of para-hydroxylation sites is 2. The molecule has 7 nitrogen and oxygen atoms in total. The van der Waals surface area contributed by atoms with E-state index in [1.807, 2.05) is 24.3 Å². The van der Waals surface area contributed by atoms with Crippen molar-refractivity contribution in [1.29, 1.82) is 0 Å². The number of hydrogen-bond donors (Lipinski definition) is 0. The first-order valence-electron chi connectivity index (χ1n) is 11.3. The molecule has 0 saturated heterocycles. The molecular weight excluding hydrogens is 428 g/mol. The van der Waals surface area contributed by atoms with E-state index in [-0.39, 0.29) is 21.2 Å². The van der Waals surface area contributed by atoms with E-state index >= 15 is 0 Å². The van der Waals surface area contributed by atoms with E-state index in [4.69, 9.17) is 0 Å². The largest absolute Gasteiger partial charge is 0.272 e. The summed E-state index contributed by atoms with van der Waals surface area (Å²) in [5, 5.41) is 22.1. The molecule has 0 spiro atoms. The van der Waals surface area contributed by atoms with Crippen LogP contribution in [0.1, 0.15) is 62.5 Å². The summed E-state index contributed by atoms with van der Waals surface area (Å²) in [6.45, 7) is 0. The Morgan fingerprint density at radius 2 is 0.969 bits per heavy atom. The first kappa shape index (κ1) is 25.6. The van der Waals surface area contributed by atoms with Crippen molar-refractivity contribution in [1.82, 2.24) is 0 Å². The first-order chi connectivity index (χ1) is 15.5. The Labute approximate surface area is 192 Å². The topological polar surface area (TPSA) is 103 Å². The molecule has 0 radical (unpaired) electrons. The summed E-state index contributed by atoms with van der Waals surface area (Å²) >= 11 is 0. The molecule has 0 N–H and O–H groups in total. The second kappa shape index (κ2) is 14.5. The number of hydrogen-bond acceptors (Lipinski definition) is 5. The molecule has 0 atom stereocenters. The number of benzene rings is 2. The number of nitro benzene ring substituents is 2. The van der Waals surface area contributed by atoms with Crippen molar-refractivity contribution in [3.8, 4) is 0 Å². The molecule has 0 heterocycles. The number of rotatable bonds is 16. The predicted octanol–water partition coefficient (Wildman–Crippen LogP) is 6.16. The second-order valence-corrected chi connectivity index (χ2v) is 9.64. The van der Waals surface area contributed by atoms with Crippen LogP contribution < -0.4 is 0 Å². The van der Waals surface area contributed by atoms with Crippen molar-refractivity contribution in [3.63, 3.8) is 0 Å². The van der Waals surface area contributed by atoms with Gasteiger partial charge in [-0.05, 0) is 38.5 Å². The van der Waals surface area contributed by atoms with E-state index in [1.165, 1.54) is 0 Å². The highest BCUT2D eigenvalue weighted by Gasteiger charge is 2.12. The summed E-state index contributed by atoms with van der Waals surface area (Å²) < 4.78 is 12.2. The van der Waals surface area contributed by atoms with Gasteiger partial charge in [0, 0.05) is 45.6 Å². The van der Waals surface area contributed by atoms with Crippen LogP contribution in [-0.4, -0.2) is 25.6 Å². The Balaban J connectivity index is 1.49. The van der Waals surface area contributed by atoms with Crippen molar-refractivity contribution < 1.29 is 14.1 Å². The number of aryl methyl sites for hydroxylation is 2. The van der Waals surface area contributed by atoms with Crippen molar-refractivity contribution >= 4 is 22.2 Å². The minimum absolute atomic E-state index is 0.190. The number of nitro groups is 2. The lowest BCUT2D eigenvalue weighted by molar-refractivity contribution is -0.385. The van der Waals surface area contributed by atoms with Gasteiger partial charge in [0.2, 0.25) is 0 Å². The van der Waals surface area contributed by atoms with Crippen LogP contribution in [0.2, 0.25) is 0 Å². The van der Waals surface area contributed by atoms with E-state index < -0.39 is 10.8 Å². The third-order valence-electron chi connectivity index (χ3n) is 5.51. The predicted molar refractivity (Wildman–Crippen MR) is 128 cm³/mol. The van der Waals surface area contributed by atoms with Gasteiger partial charge >= 0.3 is 0 Å². The van der Waals surface area contributed by atoms with Crippen LogP contribution in [0.4, 0.5) is 11.4 Å². The summed E-state index contributed by atoms with van der Waals surface area (Å²) in [4.78, 5) is 21.4. The van der Waals surface area contributed by atoms with E-state index in [1.54, 1.807) is 24.3 Å². The van der Waals surface area contributed by atoms with E-state index in [0.717, 1.165) is 62.5 Å². The Hall–Kier alpha value is -2.61. The van der Waals surface area contributed by atoms with Crippen molar-refractivity contribution in [2.75, 3.05) is 11.5 Å². The summed E-state index contributed by atoms with van der Waals surface area (Å²) in [6, 6.07) is 13.8. The zero-order chi connectivity index (χ0) is 23.2. The van der Waals surface area contributed by atoms with Crippen LogP contribution >= 0.6 is 0 Å². The van der Waals surface area contributed by atoms with E-state index in [2.05, 4.69) is 0 Å². The maximum atomic E-state index is 12.2. The molecule has 0 aromatic heterocycles. The molecule has 0 saturated carbocycles. The highest BCUT2D eigenvalue weighted by atomic mass is 32.2. The number of unbranched alkanes of at least 4 members (excludes halogenated alkanes) is 6. The molecule has 0 aliphatic carbocycles. The van der Waals surface area contributed by atoms with Gasteiger partial charge < -0.3 is 0 Å². The Morgan fingerprint density at radius 1 is 0.594 bits per heavy atom. The second-order valence-electron chi connectivity index (χ2n) is 7.95. The zero-order valence-corrected chi connectivity index (χ0v) is 19.3. The number of nitrogens with zero attached hydrogens (tertiary/aromatic N) is 2. The minimum atomic E-state index is -0.801. The van der Waals surface area contributed by atoms with Crippen LogP contribution in [-0.2, 0) is 23.6 Å². The van der Waals surface area contributed by atoms with Gasteiger partial charge in [-0.25, -0.2) is 0 Å². The molecule has 0 amide bonds. The van der Waals surface area contributed by atoms with Crippen LogP contribution in [0.5, 0.6) is 0 Å². The van der Waals surface area contributed by atoms with Gasteiger partial charge in [-0.15, -0.1) is 0 Å². The molecule has 2 aromatic rings. The Kier molecular flexibility index (Phi) is 11.6. The van der Waals surface area contributed by atoms with Crippen molar-refractivity contribution in [2.24, 2.45) is 0 Å². The van der Waals surface area contributed by atoms with E-state index in [9.17, 15) is 24.4 Å². The lowest BCUT2D eigenvalue weighted by Gasteiger charge is -2.05. The molecule has 174 valence electrons. The molecule has 2 aromatic carbocycles. The molecule has 0 bridgehead atoms. The third-order valence-corrected chi connectivity index (χ3v) is 7.00. The maximum Gasteiger partial charge on any atom is 0.272 e. The van der Waals surface area contributed by atoms with Crippen LogP contribution in [0.25, 0.3) is 0 Å². The summed E-state index contributed by atoms with van der Waals surface area (Å²) in [5.74, 6) is 1.42. The van der Waals surface area contributed by atoms with Gasteiger partial charge in [0.25, 0.3) is 11.4 Å². The average molecular weight is 461 g/mol. The smallest absolute Gasteiger partial charge is 0.260 e. The quantitative estimate of drug-likeness (QED) is 0.170. The maximum absolute atomic E-state index is 12.2. The van der Waals surface area contributed by atoms with E-state index in [0.29, 0.717) is 24.3 Å². The van der Waals surface area contributed by atoms with Gasteiger partial charge in [-0.2, -0.15) is 0 Å². The Bertz CT molecular complexity index is 832. The van der Waals surface area contributed by atoms with Gasteiger partial charge in [0.1, 0.15) is 0 Å². The van der Waals surface area contributed by atoms with Crippen LogP contribution in [0.3, 0.4) is 0 Å². The Morgan fingerprint density at radius 3 is 1.38 bits per heavy atom. The molecule has 32 heavy (non-hydrogen) atoms. The van der Waals surface area contributed by atoms with Crippen LogP contribution in [0.15, 0.2) is 48.5 Å². The minimum Gasteiger partial charge on any atom is -0.260 e. The third kappa shape index (κ3) is 9.26. The normalized spacial score (nSPS) is 11.0. The molecule has 2 rings (SSSR count). The molecule has 8 heteroatoms. The molecule has 0 aliphatic heterocycles. The molecular formula is C24H32N2O5S. The van der Waals surface area contributed by atoms with Crippen LogP contribution in [0, 0.1) is 20.2 Å². The fourth-order valence-electron chi connectivity index (χ4n) is 3.77. The highest BCUT2D eigenvalue weighted by Crippen LogP contribution is 2.21. The zero-order valence-electron chi connectivity index (χ0n) is 18.4. The highest BCUT2D eigenvalue weighted by molar-refractivity contribution is 7.84. The van der Waals surface area contributed by atoms with Crippen molar-refractivity contribution in [3.05, 3.63) is 79.9 Å². The average Bonchev–Trinajstić information content (AvgIpc) is 2.78. The fourth-order valence-corrected chi connectivity index (χ4v) is 5.02. The standard InChI is InChI=1S/C24H32N2O5S/c27-25(28)23-17-9-7-15-21(23)13-5-1-3-11-19-32(31)20-12-4-2-6-14-22-16-8-10-18-24(22)26(29)30/h7-10,15-18H,1-6,11-14,19-20H2. The van der Waals surface area contributed by atoms with Gasteiger partial charge in [0.15, 0.2) is 0 Å². The lowest BCUT2D eigenvalue weighted by Crippen LogP contribution is -2.03. The first-order valence-corrected chi connectivity index (χ1v) is 12.8. The molecule has 0 unspecified atom stereocenters. The van der Waals surface area contributed by atoms with Gasteiger partial charge in [-0.1, -0.05) is 62.1 Å². The summed E-state index contributed by atoms with van der Waals surface area (Å²) in [5.41, 5.74) is 1.94. The lowest BCUT2D eigenvalue weighted by atomic mass is 10.0. The fraction of sp³-hybridized carbons (Fsp3) is 0.500. The monoisotopic (exact) mass is 460 g/mol. The summed E-state index contributed by atoms with van der Waals surface area (Å²) in [6.07, 6.45) is 8.98.